The lowest BCUT2D eigenvalue weighted by molar-refractivity contribution is 0.0972. The van der Waals surface area contributed by atoms with Gasteiger partial charge >= 0.3 is 0 Å². The number of primary amides is 1. The van der Waals surface area contributed by atoms with Gasteiger partial charge in [-0.05, 0) is 31.2 Å². The van der Waals surface area contributed by atoms with E-state index in [0.29, 0.717) is 0 Å². The number of anilines is 2. The first kappa shape index (κ1) is 20.9. The lowest BCUT2D eigenvalue weighted by Gasteiger charge is -2.36. The van der Waals surface area contributed by atoms with Crippen molar-refractivity contribution in [1.82, 2.24) is 24.8 Å². The molecule has 10 nitrogen and oxygen atoms in total. The Kier molecular flexibility index (Phi) is 6.17. The number of benzene rings is 1. The van der Waals surface area contributed by atoms with Gasteiger partial charge in [-0.25, -0.2) is 9.97 Å². The van der Waals surface area contributed by atoms with Crippen LogP contribution >= 0.6 is 0 Å². The fourth-order valence-electron chi connectivity index (χ4n) is 3.89. The zero-order valence-corrected chi connectivity index (χ0v) is 17.6. The van der Waals surface area contributed by atoms with Crippen LogP contribution in [0, 0.1) is 0 Å². The molecular formula is C21H28N8O2. The summed E-state index contributed by atoms with van der Waals surface area (Å²) in [5.74, 6) is -1.02. The Balaban J connectivity index is 1.41. The Hall–Kier alpha value is -3.40. The van der Waals surface area contributed by atoms with Crippen LogP contribution in [0.25, 0.3) is 11.0 Å². The van der Waals surface area contributed by atoms with Gasteiger partial charge in [-0.15, -0.1) is 0 Å². The van der Waals surface area contributed by atoms with E-state index in [9.17, 15) is 9.59 Å². The zero-order valence-electron chi connectivity index (χ0n) is 17.6. The van der Waals surface area contributed by atoms with Gasteiger partial charge < -0.3 is 20.6 Å². The summed E-state index contributed by atoms with van der Waals surface area (Å²) in [4.78, 5) is 42.7. The smallest absolute Gasteiger partial charge is 0.279 e. The largest absolute Gasteiger partial charge is 0.369 e. The molecule has 164 valence electrons. The SMILES string of the molecule is CCCCCN1CCN(c2ccc3[nH]c(NC(=O)c4nc[nH]c4C(N)=O)nc3c2)CC1. The molecule has 31 heavy (non-hydrogen) atoms. The molecule has 0 unspecified atom stereocenters. The van der Waals surface area contributed by atoms with Crippen molar-refractivity contribution >= 4 is 34.5 Å². The number of aromatic amines is 2. The van der Waals surface area contributed by atoms with Crippen LogP contribution in [0.4, 0.5) is 11.6 Å². The molecule has 4 rings (SSSR count). The summed E-state index contributed by atoms with van der Waals surface area (Å²) in [5, 5.41) is 2.64. The molecule has 5 N–H and O–H groups in total. The summed E-state index contributed by atoms with van der Waals surface area (Å²) in [5.41, 5.74) is 7.85. The molecule has 0 aliphatic carbocycles. The number of carbonyl (C=O) groups is 2. The van der Waals surface area contributed by atoms with E-state index in [1.165, 1.54) is 32.1 Å². The second-order valence-corrected chi connectivity index (χ2v) is 7.77. The number of H-pyrrole nitrogens is 2. The number of amides is 2. The summed E-state index contributed by atoms with van der Waals surface area (Å²) in [7, 11) is 0. The molecular weight excluding hydrogens is 396 g/mol. The number of nitrogens with one attached hydrogen (secondary N) is 3. The van der Waals surface area contributed by atoms with Gasteiger partial charge in [0.2, 0.25) is 5.95 Å². The van der Waals surface area contributed by atoms with E-state index in [4.69, 9.17) is 5.73 Å². The van der Waals surface area contributed by atoms with E-state index in [1.54, 1.807) is 0 Å². The Bertz CT molecular complexity index is 1060. The van der Waals surface area contributed by atoms with Gasteiger partial charge in [0.1, 0.15) is 5.69 Å². The lowest BCUT2D eigenvalue weighted by atomic mass is 10.2. The highest BCUT2D eigenvalue weighted by Gasteiger charge is 2.20. The third-order valence-electron chi connectivity index (χ3n) is 5.61. The minimum atomic E-state index is -0.748. The predicted molar refractivity (Wildman–Crippen MR) is 119 cm³/mol. The minimum Gasteiger partial charge on any atom is -0.369 e. The van der Waals surface area contributed by atoms with Crippen molar-refractivity contribution in [3.63, 3.8) is 0 Å². The number of imidazole rings is 2. The third-order valence-corrected chi connectivity index (χ3v) is 5.61. The monoisotopic (exact) mass is 424 g/mol. The van der Waals surface area contributed by atoms with Gasteiger partial charge in [-0.2, -0.15) is 0 Å². The van der Waals surface area contributed by atoms with Crippen molar-refractivity contribution in [3.8, 4) is 0 Å². The quantitative estimate of drug-likeness (QED) is 0.408. The Morgan fingerprint density at radius 2 is 2.00 bits per heavy atom. The Morgan fingerprint density at radius 1 is 1.19 bits per heavy atom. The van der Waals surface area contributed by atoms with Crippen molar-refractivity contribution < 1.29 is 9.59 Å². The van der Waals surface area contributed by atoms with Gasteiger partial charge in [0.05, 0.1) is 17.4 Å². The molecule has 1 fully saturated rings. The van der Waals surface area contributed by atoms with Crippen LogP contribution in [-0.4, -0.2) is 69.4 Å². The van der Waals surface area contributed by atoms with Crippen LogP contribution in [-0.2, 0) is 0 Å². The second-order valence-electron chi connectivity index (χ2n) is 7.77. The average Bonchev–Trinajstić information content (AvgIpc) is 3.41. The first-order valence-electron chi connectivity index (χ1n) is 10.7. The molecule has 1 saturated heterocycles. The van der Waals surface area contributed by atoms with Crippen LogP contribution in [0.15, 0.2) is 24.5 Å². The van der Waals surface area contributed by atoms with Crippen molar-refractivity contribution in [2.24, 2.45) is 5.73 Å². The fourth-order valence-corrected chi connectivity index (χ4v) is 3.89. The molecule has 0 bridgehead atoms. The molecule has 1 aliphatic rings. The average molecular weight is 425 g/mol. The molecule has 1 aliphatic heterocycles. The maximum Gasteiger partial charge on any atom is 0.279 e. The summed E-state index contributed by atoms with van der Waals surface area (Å²) in [6.45, 7) is 7.51. The number of unbranched alkanes of at least 4 members (excludes halogenated alkanes) is 2. The molecule has 3 aromatic rings. The summed E-state index contributed by atoms with van der Waals surface area (Å²) in [6.07, 6.45) is 5.06. The molecule has 0 spiro atoms. The van der Waals surface area contributed by atoms with Crippen molar-refractivity contribution in [3.05, 3.63) is 35.9 Å². The second kappa shape index (κ2) is 9.17. The number of aromatic nitrogens is 4. The minimum absolute atomic E-state index is 0.0373. The highest BCUT2D eigenvalue weighted by molar-refractivity contribution is 6.09. The van der Waals surface area contributed by atoms with E-state index in [-0.39, 0.29) is 17.3 Å². The summed E-state index contributed by atoms with van der Waals surface area (Å²) >= 11 is 0. The first-order valence-corrected chi connectivity index (χ1v) is 10.7. The number of rotatable bonds is 8. The molecule has 2 aromatic heterocycles. The van der Waals surface area contributed by atoms with Crippen LogP contribution in [0.1, 0.15) is 47.2 Å². The van der Waals surface area contributed by atoms with Gasteiger partial charge in [0, 0.05) is 31.9 Å². The standard InChI is InChI=1S/C21H28N8O2/c1-2-3-4-7-28-8-10-29(11-9-28)14-5-6-15-16(12-14)26-21(25-15)27-20(31)18-17(19(22)30)23-13-24-18/h5-6,12-13H,2-4,7-11H2,1H3,(H2,22,30)(H,23,24)(H2,25,26,27,31). The normalized spacial score (nSPS) is 14.8. The summed E-state index contributed by atoms with van der Waals surface area (Å²) in [6, 6.07) is 6.06. The zero-order chi connectivity index (χ0) is 21.8. The van der Waals surface area contributed by atoms with Crippen molar-refractivity contribution in [2.45, 2.75) is 26.2 Å². The van der Waals surface area contributed by atoms with E-state index in [2.05, 4.69) is 48.0 Å². The third kappa shape index (κ3) is 4.69. The van der Waals surface area contributed by atoms with Crippen molar-refractivity contribution in [2.75, 3.05) is 42.9 Å². The van der Waals surface area contributed by atoms with Crippen LogP contribution in [0.2, 0.25) is 0 Å². The highest BCUT2D eigenvalue weighted by Crippen LogP contribution is 2.23. The molecule has 3 heterocycles. The molecule has 0 saturated carbocycles. The van der Waals surface area contributed by atoms with E-state index >= 15 is 0 Å². The maximum atomic E-state index is 12.4. The lowest BCUT2D eigenvalue weighted by Crippen LogP contribution is -2.46. The maximum absolute atomic E-state index is 12.4. The number of hydrogen-bond donors (Lipinski definition) is 4. The first-order chi connectivity index (χ1) is 15.0. The van der Waals surface area contributed by atoms with Crippen LogP contribution in [0.5, 0.6) is 0 Å². The number of carbonyl (C=O) groups excluding carboxylic acids is 2. The van der Waals surface area contributed by atoms with Crippen LogP contribution in [0.3, 0.4) is 0 Å². The van der Waals surface area contributed by atoms with Crippen molar-refractivity contribution in [1.29, 1.82) is 0 Å². The number of nitrogens with two attached hydrogens (primary N) is 1. The van der Waals surface area contributed by atoms with E-state index in [0.717, 1.165) is 42.9 Å². The Morgan fingerprint density at radius 3 is 2.74 bits per heavy atom. The molecule has 0 atom stereocenters. The van der Waals surface area contributed by atoms with Gasteiger partial charge in [-0.3, -0.25) is 19.8 Å². The van der Waals surface area contributed by atoms with Gasteiger partial charge in [0.15, 0.2) is 5.69 Å². The highest BCUT2D eigenvalue weighted by atomic mass is 16.2. The number of fused-ring (bicyclic) bond motifs is 1. The van der Waals surface area contributed by atoms with E-state index in [1.807, 2.05) is 12.1 Å². The topological polar surface area (TPSA) is 136 Å². The molecule has 1 aromatic carbocycles. The van der Waals surface area contributed by atoms with E-state index < -0.39 is 11.8 Å². The number of piperazine rings is 1. The number of nitrogens with zero attached hydrogens (tertiary/aromatic N) is 4. The molecule has 2 amide bonds. The molecule has 10 heteroatoms. The van der Waals surface area contributed by atoms with Crippen LogP contribution < -0.4 is 16.0 Å². The summed E-state index contributed by atoms with van der Waals surface area (Å²) < 4.78 is 0. The Labute approximate surface area is 180 Å². The predicted octanol–water partition coefficient (Wildman–Crippen LogP) is 1.95. The molecule has 0 radical (unpaired) electrons. The van der Waals surface area contributed by atoms with Gasteiger partial charge in [0.25, 0.3) is 11.8 Å². The van der Waals surface area contributed by atoms with Gasteiger partial charge in [-0.1, -0.05) is 19.8 Å². The fraction of sp³-hybridized carbons (Fsp3) is 0.429. The number of hydrogen-bond acceptors (Lipinski definition) is 6.